The Morgan fingerprint density at radius 2 is 0.919 bits per heavy atom. The van der Waals surface area contributed by atoms with Gasteiger partial charge >= 0.3 is 388 Å². The molecule has 0 unspecified atom stereocenters. The fourth-order valence-corrected chi connectivity index (χ4v) is 19.8. The Morgan fingerprint density at radius 1 is 0.484 bits per heavy atom. The molecule has 0 saturated carbocycles. The van der Waals surface area contributed by atoms with Crippen molar-refractivity contribution in [3.05, 3.63) is 223 Å². The van der Waals surface area contributed by atoms with E-state index in [0.717, 1.165) is 27.2 Å². The Balaban J connectivity index is 1.43. The molecule has 0 fully saturated rings. The summed E-state index contributed by atoms with van der Waals surface area (Å²) in [6, 6.07) is 58.9. The van der Waals surface area contributed by atoms with Crippen LogP contribution in [0.2, 0.25) is 10.0 Å². The van der Waals surface area contributed by atoms with Crippen LogP contribution in [0.3, 0.4) is 0 Å². The number of hydrogen-bond acceptors (Lipinski definition) is 0. The molecule has 0 spiro atoms. The Labute approximate surface area is 384 Å². The van der Waals surface area contributed by atoms with Crippen LogP contribution in [-0.2, 0) is 32.1 Å². The topological polar surface area (TPSA) is 0 Å². The van der Waals surface area contributed by atoms with Crippen LogP contribution in [0.25, 0.3) is 54.9 Å². The predicted octanol–water partition coefficient (Wildman–Crippen LogP) is 17.0. The van der Waals surface area contributed by atoms with Crippen molar-refractivity contribution >= 4 is 48.0 Å². The number of allylic oxidation sites excluding steroid dienone is 4. The van der Waals surface area contributed by atoms with Gasteiger partial charge in [0, 0.05) is 0 Å². The van der Waals surface area contributed by atoms with Gasteiger partial charge in [-0.15, -0.1) is 0 Å². The van der Waals surface area contributed by atoms with E-state index in [1.54, 1.807) is 3.28 Å². The zero-order valence-corrected chi connectivity index (χ0v) is 40.3. The first kappa shape index (κ1) is 41.1. The molecule has 0 nitrogen and oxygen atoms in total. The Hall–Kier alpha value is -4.91. The number of benzene rings is 8. The van der Waals surface area contributed by atoms with Gasteiger partial charge in [0.15, 0.2) is 0 Å². The predicted molar refractivity (Wildman–Crippen MR) is 265 cm³/mol. The van der Waals surface area contributed by atoms with E-state index in [-0.39, 0.29) is 14.5 Å². The first-order chi connectivity index (χ1) is 29.9. The Morgan fingerprint density at radius 3 is 1.34 bits per heavy atom. The zero-order valence-electron chi connectivity index (χ0n) is 36.3. The summed E-state index contributed by atoms with van der Waals surface area (Å²) in [4.78, 5) is 0. The van der Waals surface area contributed by atoms with Crippen molar-refractivity contribution in [1.29, 1.82) is 0 Å². The summed E-state index contributed by atoms with van der Waals surface area (Å²) in [5.74, 6) is 0. The molecular weight excluding hydrogens is 871 g/mol. The van der Waals surface area contributed by atoms with Gasteiger partial charge < -0.3 is 0 Å². The summed E-state index contributed by atoms with van der Waals surface area (Å²) in [5, 5.41) is 6.10. The van der Waals surface area contributed by atoms with Crippen molar-refractivity contribution in [3.8, 4) is 33.4 Å². The molecule has 8 aromatic carbocycles. The van der Waals surface area contributed by atoms with E-state index < -0.39 is 21.3 Å². The normalized spacial score (nSPS) is 13.7. The molecule has 0 atom stereocenters. The van der Waals surface area contributed by atoms with Gasteiger partial charge in [0.25, 0.3) is 0 Å². The maximum absolute atomic E-state index is 7.09. The number of fused-ring (bicyclic) bond motifs is 5. The van der Waals surface area contributed by atoms with Gasteiger partial charge in [0.1, 0.15) is 0 Å². The summed E-state index contributed by atoms with van der Waals surface area (Å²) in [6.07, 6.45) is 8.11. The summed E-state index contributed by atoms with van der Waals surface area (Å²) in [5.41, 5.74) is 16.0. The number of halogens is 2. The summed E-state index contributed by atoms with van der Waals surface area (Å²) in [6.45, 7) is 14.2. The zero-order chi connectivity index (χ0) is 42.9. The number of hydrogen-bond donors (Lipinski definition) is 0. The molecule has 0 saturated heterocycles. The summed E-state index contributed by atoms with van der Waals surface area (Å²) in [7, 11) is 0. The van der Waals surface area contributed by atoms with Gasteiger partial charge in [-0.1, -0.05) is 0 Å². The molecule has 0 heterocycles. The average molecular weight is 921 g/mol. The van der Waals surface area contributed by atoms with Crippen LogP contribution in [0.15, 0.2) is 179 Å². The fourth-order valence-electron chi connectivity index (χ4n) is 10.2. The van der Waals surface area contributed by atoms with Gasteiger partial charge in [-0.05, 0) is 0 Å². The Bertz CT molecular complexity index is 2980. The SMILES string of the molecule is CC(C)(C)c1cc2c(cc1-c1ccccc1)[CH]([Zr]([C]1=CC=CC1)=[C](c1cccc3c(Cl)cccc13)c1cccc3c(Cl)cccc13)c1cc(-c3ccccc3)c(C(C)(C)C)cc1-2. The van der Waals surface area contributed by atoms with E-state index >= 15 is 0 Å². The summed E-state index contributed by atoms with van der Waals surface area (Å²) >= 11 is 10.9. The van der Waals surface area contributed by atoms with E-state index in [0.29, 0.717) is 0 Å². The van der Waals surface area contributed by atoms with Crippen molar-refractivity contribution in [2.45, 2.75) is 62.4 Å². The van der Waals surface area contributed by atoms with Crippen LogP contribution in [0.1, 0.15) is 85.0 Å². The van der Waals surface area contributed by atoms with Gasteiger partial charge in [-0.25, -0.2) is 0 Å². The molecule has 0 radical (unpaired) electrons. The van der Waals surface area contributed by atoms with Crippen LogP contribution in [-0.4, -0.2) is 3.21 Å². The third-order valence-corrected chi connectivity index (χ3v) is 21.9. The Kier molecular flexibility index (Phi) is 10.6. The molecule has 2 aliphatic carbocycles. The molecule has 0 aliphatic heterocycles. The van der Waals surface area contributed by atoms with Crippen molar-refractivity contribution in [2.75, 3.05) is 0 Å². The van der Waals surface area contributed by atoms with E-state index in [1.807, 2.05) is 12.1 Å². The molecular formula is C59H50Cl2Zr. The van der Waals surface area contributed by atoms with Gasteiger partial charge in [0.2, 0.25) is 0 Å². The average Bonchev–Trinajstić information content (AvgIpc) is 3.91. The molecule has 0 bridgehead atoms. The van der Waals surface area contributed by atoms with Gasteiger partial charge in [0.05, 0.1) is 0 Å². The van der Waals surface area contributed by atoms with Gasteiger partial charge in [-0.2, -0.15) is 0 Å². The van der Waals surface area contributed by atoms with Crippen molar-refractivity contribution in [3.63, 3.8) is 0 Å². The van der Waals surface area contributed by atoms with E-state index in [9.17, 15) is 0 Å². The molecule has 10 rings (SSSR count). The van der Waals surface area contributed by atoms with E-state index in [2.05, 4.69) is 205 Å². The fraction of sp³-hybridized carbons (Fsp3) is 0.169. The second-order valence-corrected chi connectivity index (χ2v) is 26.1. The van der Waals surface area contributed by atoms with Crippen molar-refractivity contribution < 1.29 is 21.3 Å². The minimum atomic E-state index is -3.29. The summed E-state index contributed by atoms with van der Waals surface area (Å²) < 4.78 is 3.24. The molecule has 8 aromatic rings. The molecule has 0 aromatic heterocycles. The van der Waals surface area contributed by atoms with Crippen LogP contribution in [0.4, 0.5) is 0 Å². The molecule has 0 N–H and O–H groups in total. The second-order valence-electron chi connectivity index (χ2n) is 19.0. The first-order valence-corrected chi connectivity index (χ1v) is 26.5. The van der Waals surface area contributed by atoms with E-state index in [4.69, 9.17) is 23.2 Å². The van der Waals surface area contributed by atoms with Crippen LogP contribution >= 0.6 is 23.2 Å². The minimum absolute atomic E-state index is 0.0868. The molecule has 304 valence electrons. The monoisotopic (exact) mass is 918 g/mol. The van der Waals surface area contributed by atoms with Crippen molar-refractivity contribution in [2.24, 2.45) is 0 Å². The second kappa shape index (κ2) is 16.0. The first-order valence-electron chi connectivity index (χ1n) is 21.8. The molecule has 3 heteroatoms. The molecule has 62 heavy (non-hydrogen) atoms. The van der Waals surface area contributed by atoms with Crippen LogP contribution in [0.5, 0.6) is 0 Å². The van der Waals surface area contributed by atoms with Crippen LogP contribution in [0, 0.1) is 0 Å². The van der Waals surface area contributed by atoms with Crippen molar-refractivity contribution in [1.82, 2.24) is 0 Å². The quantitative estimate of drug-likeness (QED) is 0.156. The molecule has 0 amide bonds. The maximum atomic E-state index is 7.09. The molecule has 2 aliphatic rings. The van der Waals surface area contributed by atoms with Gasteiger partial charge in [-0.3, -0.25) is 0 Å². The standard InChI is InChI=1S/C33H33.C21H12Cl2.C5H5.Zr/c1-32(2,3)30-20-26-24(18-28(30)22-13-9-7-10-14-22)17-25-19-29(23-15-11-8-12-16-23)31(21-27(25)26)33(4,5)6;22-20-11-3-7-16-14(5-1-9-18(16)20)13-15-6-2-10-19-17(15)8-4-12-21(19)23;1-2-4-5-3-1;/h7-21H,1-6H3;1-12H;1-3H,4H2;. The third kappa shape index (κ3) is 7.16. The van der Waals surface area contributed by atoms with E-state index in [1.165, 1.54) is 80.7 Å². The number of rotatable bonds is 6. The third-order valence-electron chi connectivity index (χ3n) is 13.0. The van der Waals surface area contributed by atoms with Crippen LogP contribution < -0.4 is 0 Å².